The fourth-order valence-corrected chi connectivity index (χ4v) is 6.19. The Balaban J connectivity index is 1.35. The quantitative estimate of drug-likeness (QED) is 0.237. The van der Waals surface area contributed by atoms with Crippen LogP contribution in [0.15, 0.2) is 121 Å². The number of thiophene rings is 1. The van der Waals surface area contributed by atoms with E-state index in [9.17, 15) is 0 Å². The molecule has 7 rings (SSSR count). The topological polar surface area (TPSA) is 0 Å². The zero-order chi connectivity index (χ0) is 21.8. The van der Waals surface area contributed by atoms with Gasteiger partial charge in [0.2, 0.25) is 0 Å². The monoisotopic (exact) mass is 436 g/mol. The van der Waals surface area contributed by atoms with Gasteiger partial charge in [0.15, 0.2) is 0 Å². The Hall–Kier alpha value is -3.94. The van der Waals surface area contributed by atoms with Crippen LogP contribution in [0.3, 0.4) is 0 Å². The summed E-state index contributed by atoms with van der Waals surface area (Å²) in [6.07, 6.45) is 0. The fourth-order valence-electron chi connectivity index (χ4n) is 5.04. The van der Waals surface area contributed by atoms with Gasteiger partial charge in [-0.3, -0.25) is 0 Å². The van der Waals surface area contributed by atoms with E-state index in [2.05, 4.69) is 121 Å². The minimum Gasteiger partial charge on any atom is -0.135 e. The van der Waals surface area contributed by atoms with Gasteiger partial charge in [0.05, 0.1) is 0 Å². The highest BCUT2D eigenvalue weighted by Gasteiger charge is 2.10. The summed E-state index contributed by atoms with van der Waals surface area (Å²) in [5, 5.41) is 7.90. The zero-order valence-corrected chi connectivity index (χ0v) is 18.8. The highest BCUT2D eigenvalue weighted by atomic mass is 32.1. The van der Waals surface area contributed by atoms with Crippen LogP contribution in [0.5, 0.6) is 0 Å². The van der Waals surface area contributed by atoms with E-state index in [4.69, 9.17) is 0 Å². The Morgan fingerprint density at radius 3 is 1.82 bits per heavy atom. The van der Waals surface area contributed by atoms with Crippen LogP contribution in [0, 0.1) is 0 Å². The normalized spacial score (nSPS) is 11.6. The van der Waals surface area contributed by atoms with E-state index in [1.54, 1.807) is 0 Å². The summed E-state index contributed by atoms with van der Waals surface area (Å²) in [7, 11) is 0. The van der Waals surface area contributed by atoms with Crippen molar-refractivity contribution in [2.24, 2.45) is 0 Å². The van der Waals surface area contributed by atoms with Crippen LogP contribution in [-0.2, 0) is 0 Å². The molecule has 0 N–H and O–H groups in total. The molecule has 0 radical (unpaired) electrons. The van der Waals surface area contributed by atoms with Crippen molar-refractivity contribution in [1.29, 1.82) is 0 Å². The van der Waals surface area contributed by atoms with Crippen LogP contribution in [0.4, 0.5) is 0 Å². The predicted molar refractivity (Wildman–Crippen MR) is 145 cm³/mol. The summed E-state index contributed by atoms with van der Waals surface area (Å²) < 4.78 is 2.70. The van der Waals surface area contributed by atoms with Gasteiger partial charge in [-0.1, -0.05) is 103 Å². The molecule has 0 nitrogen and oxygen atoms in total. The number of hydrogen-bond acceptors (Lipinski definition) is 1. The van der Waals surface area contributed by atoms with E-state index in [0.717, 1.165) is 0 Å². The second-order valence-electron chi connectivity index (χ2n) is 8.58. The van der Waals surface area contributed by atoms with Crippen molar-refractivity contribution in [1.82, 2.24) is 0 Å². The van der Waals surface area contributed by atoms with Crippen molar-refractivity contribution in [2.45, 2.75) is 0 Å². The molecule has 1 heteroatoms. The number of fused-ring (bicyclic) bond motifs is 6. The fraction of sp³-hybridized carbons (Fsp3) is 0. The number of hydrogen-bond donors (Lipinski definition) is 0. The molecule has 154 valence electrons. The van der Waals surface area contributed by atoms with Crippen LogP contribution in [0.2, 0.25) is 0 Å². The molecule has 0 aliphatic heterocycles. The van der Waals surface area contributed by atoms with E-state index in [0.29, 0.717) is 0 Å². The summed E-state index contributed by atoms with van der Waals surface area (Å²) in [4.78, 5) is 0. The van der Waals surface area contributed by atoms with Gasteiger partial charge in [-0.25, -0.2) is 0 Å². The first-order valence-corrected chi connectivity index (χ1v) is 12.1. The Morgan fingerprint density at radius 2 is 0.970 bits per heavy atom. The van der Waals surface area contributed by atoms with E-state index < -0.39 is 0 Å². The zero-order valence-electron chi connectivity index (χ0n) is 18.0. The molecule has 0 bridgehead atoms. The third-order valence-corrected chi connectivity index (χ3v) is 7.81. The molecule has 6 aromatic carbocycles. The molecule has 1 heterocycles. The first kappa shape index (κ1) is 18.6. The molecule has 0 spiro atoms. The molecule has 0 saturated heterocycles. The van der Waals surface area contributed by atoms with Crippen LogP contribution in [0.25, 0.3) is 64.0 Å². The molecule has 0 aliphatic carbocycles. The summed E-state index contributed by atoms with van der Waals surface area (Å²) in [5.41, 5.74) is 5.06. The molecule has 0 atom stereocenters. The maximum absolute atomic E-state index is 2.33. The van der Waals surface area contributed by atoms with Crippen molar-refractivity contribution in [3.05, 3.63) is 121 Å². The minimum atomic E-state index is 1.25. The van der Waals surface area contributed by atoms with E-state index in [-0.39, 0.29) is 0 Å². The van der Waals surface area contributed by atoms with Gasteiger partial charge in [-0.2, -0.15) is 0 Å². The first-order valence-electron chi connectivity index (χ1n) is 11.3. The van der Waals surface area contributed by atoms with Gasteiger partial charge in [-0.15, -0.1) is 11.3 Å². The lowest BCUT2D eigenvalue weighted by molar-refractivity contribution is 1.63. The largest absolute Gasteiger partial charge is 0.135 e. The Bertz CT molecular complexity index is 1800. The second-order valence-corrected chi connectivity index (χ2v) is 9.66. The molecular formula is C32H20S. The number of benzene rings is 6. The van der Waals surface area contributed by atoms with Crippen molar-refractivity contribution in [3.8, 4) is 22.3 Å². The van der Waals surface area contributed by atoms with Crippen molar-refractivity contribution in [3.63, 3.8) is 0 Å². The third-order valence-electron chi connectivity index (χ3n) is 6.68. The van der Waals surface area contributed by atoms with Gasteiger partial charge in [-0.05, 0) is 62.0 Å². The SMILES string of the molecule is c1ccc2c(c1)cc(-c1ccc(-c3ccc4c(c3)sc3ccccc34)cc1)c1ccccc12. The van der Waals surface area contributed by atoms with Crippen molar-refractivity contribution < 1.29 is 0 Å². The highest BCUT2D eigenvalue weighted by Crippen LogP contribution is 2.38. The average Bonchev–Trinajstić information content (AvgIpc) is 3.26. The molecule has 33 heavy (non-hydrogen) atoms. The molecule has 0 aliphatic rings. The molecule has 0 amide bonds. The smallest absolute Gasteiger partial charge is 0.0361 e. The molecule has 0 saturated carbocycles. The van der Waals surface area contributed by atoms with E-state index in [1.807, 2.05) is 11.3 Å². The molecule has 0 unspecified atom stereocenters. The van der Waals surface area contributed by atoms with Gasteiger partial charge in [0.25, 0.3) is 0 Å². The first-order chi connectivity index (χ1) is 16.3. The van der Waals surface area contributed by atoms with Gasteiger partial charge in [0.1, 0.15) is 0 Å². The Labute approximate surface area is 196 Å². The highest BCUT2D eigenvalue weighted by molar-refractivity contribution is 7.25. The summed E-state index contributed by atoms with van der Waals surface area (Å²) >= 11 is 1.87. The third kappa shape index (κ3) is 2.97. The number of rotatable bonds is 2. The second kappa shape index (κ2) is 7.30. The minimum absolute atomic E-state index is 1.25. The molecule has 7 aromatic rings. The van der Waals surface area contributed by atoms with Crippen LogP contribution in [0.1, 0.15) is 0 Å². The summed E-state index contributed by atoms with van der Waals surface area (Å²) in [6, 6.07) is 44.3. The maximum Gasteiger partial charge on any atom is 0.0361 e. The lowest BCUT2D eigenvalue weighted by Crippen LogP contribution is -1.85. The average molecular weight is 437 g/mol. The molecule has 0 fully saturated rings. The lowest BCUT2D eigenvalue weighted by Gasteiger charge is -2.12. The maximum atomic E-state index is 2.33. The summed E-state index contributed by atoms with van der Waals surface area (Å²) in [6.45, 7) is 0. The van der Waals surface area contributed by atoms with Crippen LogP contribution >= 0.6 is 11.3 Å². The van der Waals surface area contributed by atoms with Crippen molar-refractivity contribution >= 4 is 53.1 Å². The Morgan fingerprint density at radius 1 is 0.364 bits per heavy atom. The molecular weight excluding hydrogens is 416 g/mol. The van der Waals surface area contributed by atoms with Gasteiger partial charge < -0.3 is 0 Å². The van der Waals surface area contributed by atoms with Crippen molar-refractivity contribution in [2.75, 3.05) is 0 Å². The predicted octanol–water partition coefficient (Wildman–Crippen LogP) is 9.69. The van der Waals surface area contributed by atoms with E-state index in [1.165, 1.54) is 64.0 Å². The van der Waals surface area contributed by atoms with Gasteiger partial charge in [0, 0.05) is 20.2 Å². The summed E-state index contributed by atoms with van der Waals surface area (Å²) in [5.74, 6) is 0. The van der Waals surface area contributed by atoms with Crippen LogP contribution in [-0.4, -0.2) is 0 Å². The molecule has 1 aromatic heterocycles. The lowest BCUT2D eigenvalue weighted by atomic mass is 9.92. The van der Waals surface area contributed by atoms with Gasteiger partial charge >= 0.3 is 0 Å². The Kier molecular flexibility index (Phi) is 4.12. The standard InChI is InChI=1S/C32H20S/c1-2-8-25-24(7-1)19-30(27-10-4-3-9-26(25)27)22-15-13-21(14-16-22)23-17-18-29-28-11-5-6-12-31(28)33-32(29)20-23/h1-20H. The van der Waals surface area contributed by atoms with E-state index >= 15 is 0 Å². The van der Waals surface area contributed by atoms with Crippen LogP contribution < -0.4 is 0 Å².